The summed E-state index contributed by atoms with van der Waals surface area (Å²) in [5.41, 5.74) is 14.1. The summed E-state index contributed by atoms with van der Waals surface area (Å²) in [7, 11) is 0. The molecule has 0 bridgehead atoms. The number of ether oxygens (including phenoxy) is 2. The SMILES string of the molecule is Nc1ccc(F)c(Cc2ncccc2-c2ncnc3c2ncn3C2CCCCO2)c1F.O=C(Cc1ccc(F)c(Cc2ncccc2-c2ncnc3c2ncn3C2CCCCO2)c1F)c1cncs1.O=C(Cl)c1cncs1. The molecule has 24 heteroatoms. The van der Waals surface area contributed by atoms with E-state index in [0.29, 0.717) is 79.2 Å². The van der Waals surface area contributed by atoms with Crippen molar-refractivity contribution in [3.63, 3.8) is 0 Å². The van der Waals surface area contributed by atoms with Gasteiger partial charge in [0, 0.05) is 79.5 Å². The number of aromatic nitrogens is 12. The second kappa shape index (κ2) is 24.0. The molecular formula is C53H44ClF4N13O4S2. The lowest BCUT2D eigenvalue weighted by Gasteiger charge is -2.23. The summed E-state index contributed by atoms with van der Waals surface area (Å²) in [5.74, 6) is -3.19. The highest BCUT2D eigenvalue weighted by molar-refractivity contribution is 7.13. The van der Waals surface area contributed by atoms with E-state index in [1.54, 1.807) is 48.8 Å². The molecule has 0 spiro atoms. The molecule has 8 aromatic heterocycles. The first-order chi connectivity index (χ1) is 37.5. The minimum Gasteiger partial charge on any atom is -0.396 e. The van der Waals surface area contributed by atoms with E-state index < -0.39 is 28.5 Å². The van der Waals surface area contributed by atoms with Crippen LogP contribution in [0.2, 0.25) is 0 Å². The first kappa shape index (κ1) is 52.6. The molecule has 0 saturated carbocycles. The summed E-state index contributed by atoms with van der Waals surface area (Å²) in [6.07, 6.45) is 17.6. The van der Waals surface area contributed by atoms with Gasteiger partial charge in [-0.1, -0.05) is 6.07 Å². The Morgan fingerprint density at radius 3 is 1.64 bits per heavy atom. The molecule has 2 saturated heterocycles. The molecule has 0 amide bonds. The predicted molar refractivity (Wildman–Crippen MR) is 280 cm³/mol. The van der Waals surface area contributed by atoms with Crippen LogP contribution in [0.25, 0.3) is 44.8 Å². The maximum Gasteiger partial charge on any atom is 0.264 e. The molecule has 2 N–H and O–H groups in total. The van der Waals surface area contributed by atoms with Gasteiger partial charge < -0.3 is 15.2 Å². The van der Waals surface area contributed by atoms with Crippen molar-refractivity contribution in [3.05, 3.63) is 171 Å². The first-order valence-corrected chi connectivity index (χ1v) is 26.3. The van der Waals surface area contributed by atoms with Crippen molar-refractivity contribution in [3.8, 4) is 22.5 Å². The van der Waals surface area contributed by atoms with E-state index in [-0.39, 0.29) is 59.9 Å². The van der Waals surface area contributed by atoms with Crippen LogP contribution in [0, 0.1) is 23.3 Å². The number of nitrogen functional groups attached to an aromatic ring is 1. The number of rotatable bonds is 12. The normalized spacial score (nSPS) is 15.4. The molecule has 2 atom stereocenters. The van der Waals surface area contributed by atoms with Crippen molar-refractivity contribution in [2.45, 2.75) is 70.2 Å². The molecule has 12 rings (SSSR count). The number of carbonyl (C=O) groups excluding carboxylic acids is 2. The summed E-state index contributed by atoms with van der Waals surface area (Å²) < 4.78 is 74.9. The lowest BCUT2D eigenvalue weighted by Crippen LogP contribution is -2.17. The third-order valence-electron chi connectivity index (χ3n) is 12.8. The van der Waals surface area contributed by atoms with E-state index in [1.165, 1.54) is 71.4 Å². The summed E-state index contributed by atoms with van der Waals surface area (Å²) >= 11 is 7.50. The van der Waals surface area contributed by atoms with Gasteiger partial charge in [0.25, 0.3) is 5.24 Å². The van der Waals surface area contributed by atoms with Gasteiger partial charge >= 0.3 is 0 Å². The Balaban J connectivity index is 0.000000155. The second-order valence-electron chi connectivity index (χ2n) is 17.6. The maximum absolute atomic E-state index is 15.5. The zero-order valence-electron chi connectivity index (χ0n) is 40.6. The van der Waals surface area contributed by atoms with Crippen LogP contribution in [0.1, 0.15) is 98.4 Å². The number of Topliss-reactive ketones (excluding diaryl/α,β-unsaturated/α-hetero) is 1. The van der Waals surface area contributed by atoms with Gasteiger partial charge in [-0.2, -0.15) is 0 Å². The number of carbonyl (C=O) groups is 2. The van der Waals surface area contributed by atoms with E-state index in [0.717, 1.165) is 44.6 Å². The second-order valence-corrected chi connectivity index (χ2v) is 19.7. The zero-order valence-corrected chi connectivity index (χ0v) is 43.0. The summed E-state index contributed by atoms with van der Waals surface area (Å²) in [4.78, 5) is 66.9. The molecule has 0 radical (unpaired) electrons. The highest BCUT2D eigenvalue weighted by atomic mass is 35.5. The molecule has 77 heavy (non-hydrogen) atoms. The molecule has 2 aliphatic rings. The Hall–Kier alpha value is -7.83. The quantitative estimate of drug-likeness (QED) is 0.0521. The molecule has 0 aliphatic carbocycles. The number of imidazole rings is 2. The van der Waals surface area contributed by atoms with Crippen molar-refractivity contribution in [2.24, 2.45) is 0 Å². The van der Waals surface area contributed by atoms with Gasteiger partial charge in [-0.05, 0) is 98.2 Å². The smallest absolute Gasteiger partial charge is 0.264 e. The van der Waals surface area contributed by atoms with Crippen molar-refractivity contribution < 1.29 is 36.6 Å². The lowest BCUT2D eigenvalue weighted by atomic mass is 9.98. The lowest BCUT2D eigenvalue weighted by molar-refractivity contribution is -0.0299. The van der Waals surface area contributed by atoms with Gasteiger partial charge in [0.2, 0.25) is 0 Å². The number of fused-ring (bicyclic) bond motifs is 2. The van der Waals surface area contributed by atoms with Gasteiger partial charge in [-0.15, -0.1) is 22.7 Å². The van der Waals surface area contributed by atoms with Crippen LogP contribution in [0.5, 0.6) is 0 Å². The molecule has 10 heterocycles. The Kier molecular flexibility index (Phi) is 16.4. The molecule has 17 nitrogen and oxygen atoms in total. The fourth-order valence-electron chi connectivity index (χ4n) is 8.98. The van der Waals surface area contributed by atoms with Crippen LogP contribution in [0.3, 0.4) is 0 Å². The van der Waals surface area contributed by atoms with Crippen LogP contribution < -0.4 is 5.73 Å². The third kappa shape index (κ3) is 11.6. The monoisotopic (exact) mass is 1100 g/mol. The van der Waals surface area contributed by atoms with Crippen LogP contribution in [0.15, 0.2) is 110 Å². The van der Waals surface area contributed by atoms with Crippen molar-refractivity contribution >= 4 is 73.3 Å². The number of halogens is 5. The Labute approximate surface area is 449 Å². The molecule has 2 unspecified atom stereocenters. The van der Waals surface area contributed by atoms with Crippen LogP contribution in [-0.4, -0.2) is 83.2 Å². The number of nitrogens with two attached hydrogens (primary N) is 1. The van der Waals surface area contributed by atoms with E-state index in [2.05, 4.69) is 49.8 Å². The van der Waals surface area contributed by atoms with E-state index in [4.69, 9.17) is 26.8 Å². The van der Waals surface area contributed by atoms with Gasteiger partial charge in [0.15, 0.2) is 22.9 Å². The van der Waals surface area contributed by atoms with E-state index in [9.17, 15) is 22.8 Å². The van der Waals surface area contributed by atoms with Gasteiger partial charge in [-0.25, -0.2) is 47.5 Å². The minimum atomic E-state index is -0.775. The predicted octanol–water partition coefficient (Wildman–Crippen LogP) is 10.9. The van der Waals surface area contributed by atoms with Gasteiger partial charge in [0.1, 0.15) is 69.9 Å². The number of anilines is 1. The summed E-state index contributed by atoms with van der Waals surface area (Å²) in [6, 6.07) is 12.0. The summed E-state index contributed by atoms with van der Waals surface area (Å²) in [6.45, 7) is 1.38. The highest BCUT2D eigenvalue weighted by Crippen LogP contribution is 2.34. The average Bonchev–Trinajstić information content (AvgIpc) is 4.35. The Morgan fingerprint density at radius 2 is 1.16 bits per heavy atom. The largest absolute Gasteiger partial charge is 0.396 e. The number of pyridine rings is 2. The van der Waals surface area contributed by atoms with Crippen LogP contribution in [-0.2, 0) is 28.7 Å². The van der Waals surface area contributed by atoms with Crippen molar-refractivity contribution in [1.29, 1.82) is 0 Å². The fourth-order valence-corrected chi connectivity index (χ4v) is 10.2. The number of thiazole rings is 2. The number of hydrogen-bond donors (Lipinski definition) is 1. The Morgan fingerprint density at radius 1 is 0.636 bits per heavy atom. The van der Waals surface area contributed by atoms with Crippen LogP contribution in [0.4, 0.5) is 23.2 Å². The Bertz CT molecular complexity index is 3700. The van der Waals surface area contributed by atoms with Gasteiger partial charge in [0.05, 0.1) is 45.6 Å². The third-order valence-corrected chi connectivity index (χ3v) is 14.7. The molecular weight excluding hydrogens is 1060 g/mol. The molecule has 2 fully saturated rings. The van der Waals surface area contributed by atoms with Crippen molar-refractivity contribution in [2.75, 3.05) is 18.9 Å². The van der Waals surface area contributed by atoms with E-state index >= 15 is 4.39 Å². The van der Waals surface area contributed by atoms with Gasteiger partial charge in [-0.3, -0.25) is 38.7 Å². The number of benzene rings is 2. The maximum atomic E-state index is 15.5. The zero-order chi connectivity index (χ0) is 53.4. The number of nitrogens with zero attached hydrogens (tertiary/aromatic N) is 12. The standard InChI is InChI=1S/C27H22F2N6O2S.C22H20F2N6O.C4H2ClNOS/c28-19-7-6-16(10-21(36)22-12-30-15-38-22)24(29)18(19)11-20-17(4-3-8-31-20)25-26-27(33-13-32-25)35(14-34-26)23-5-1-2-9-37-23;23-15-6-7-16(25)19(24)14(15)10-17-13(4-3-8-26-17)20-21-22(28-11-27-20)30(12-29-21)18-5-1-2-9-31-18;5-4(7)3-1-6-2-8-3/h3-4,6-8,12-15,23H,1-2,5,9-11H2;3-4,6-8,11-12,18H,1-2,5,9-10,25H2;1-2H. The van der Waals surface area contributed by atoms with Crippen molar-refractivity contribution in [1.82, 2.24) is 59.0 Å². The fraction of sp³-hybridized carbons (Fsp3) is 0.245. The minimum absolute atomic E-state index is 0.0726. The molecule has 10 aromatic rings. The number of ketones is 1. The summed E-state index contributed by atoms with van der Waals surface area (Å²) in [5, 5.41) is -0.437. The van der Waals surface area contributed by atoms with Crippen LogP contribution >= 0.6 is 34.3 Å². The van der Waals surface area contributed by atoms with E-state index in [1.807, 2.05) is 15.2 Å². The number of hydrogen-bond acceptors (Lipinski definition) is 17. The highest BCUT2D eigenvalue weighted by Gasteiger charge is 2.26. The molecule has 392 valence electrons. The average molecular weight is 1100 g/mol. The first-order valence-electron chi connectivity index (χ1n) is 24.2. The molecule has 2 aromatic carbocycles. The topological polar surface area (TPSA) is 217 Å². The molecule has 2 aliphatic heterocycles.